The van der Waals surface area contributed by atoms with E-state index in [9.17, 15) is 18.3 Å². The topological polar surface area (TPSA) is 33.1 Å². The van der Waals surface area contributed by atoms with Gasteiger partial charge in [0.25, 0.3) is 0 Å². The maximum atomic E-state index is 12.6. The molecule has 0 saturated heterocycles. The van der Waals surface area contributed by atoms with Crippen LogP contribution in [0.1, 0.15) is 28.5 Å². The van der Waals surface area contributed by atoms with Crippen LogP contribution >= 0.6 is 31.9 Å². The first-order valence-corrected chi connectivity index (χ1v) is 7.45. The molecule has 1 heterocycles. The second kappa shape index (κ2) is 6.06. The molecule has 0 saturated carbocycles. The van der Waals surface area contributed by atoms with Crippen molar-refractivity contribution in [3.8, 4) is 0 Å². The summed E-state index contributed by atoms with van der Waals surface area (Å²) in [5, 5.41) is 10.3. The van der Waals surface area contributed by atoms with Crippen LogP contribution in [-0.4, -0.2) is 10.1 Å². The van der Waals surface area contributed by atoms with Crippen molar-refractivity contribution < 1.29 is 18.3 Å². The minimum atomic E-state index is -4.40. The van der Waals surface area contributed by atoms with Gasteiger partial charge in [0, 0.05) is 15.1 Å². The molecule has 2 nitrogen and oxygen atoms in total. The van der Waals surface area contributed by atoms with Gasteiger partial charge in [-0.05, 0) is 68.1 Å². The van der Waals surface area contributed by atoms with Gasteiger partial charge in [0.2, 0.25) is 0 Å². The number of aliphatic hydroxyl groups is 1. The summed E-state index contributed by atoms with van der Waals surface area (Å²) in [4.78, 5) is 4.10. The molecule has 21 heavy (non-hydrogen) atoms. The van der Waals surface area contributed by atoms with Gasteiger partial charge in [0.05, 0.1) is 11.3 Å². The predicted octanol–water partition coefficient (Wildman–Crippen LogP) is 5.02. The molecule has 1 aromatic heterocycles. The average molecular weight is 425 g/mol. The van der Waals surface area contributed by atoms with E-state index in [0.29, 0.717) is 21.3 Å². The Kier molecular flexibility index (Phi) is 4.75. The zero-order chi connectivity index (χ0) is 15.8. The second-order valence-corrected chi connectivity index (χ2v) is 6.26. The lowest BCUT2D eigenvalue weighted by Crippen LogP contribution is -2.09. The third-order valence-electron chi connectivity index (χ3n) is 2.99. The van der Waals surface area contributed by atoms with E-state index in [-0.39, 0.29) is 0 Å². The van der Waals surface area contributed by atoms with Gasteiger partial charge in [-0.25, -0.2) is 0 Å². The highest BCUT2D eigenvalue weighted by Crippen LogP contribution is 2.34. The van der Waals surface area contributed by atoms with Gasteiger partial charge in [0.1, 0.15) is 6.10 Å². The van der Waals surface area contributed by atoms with Gasteiger partial charge in [0.15, 0.2) is 0 Å². The molecule has 7 heteroatoms. The highest BCUT2D eigenvalue weighted by molar-refractivity contribution is 9.11. The fourth-order valence-electron chi connectivity index (χ4n) is 1.93. The molecule has 112 valence electrons. The van der Waals surface area contributed by atoms with E-state index in [1.165, 1.54) is 19.2 Å². The van der Waals surface area contributed by atoms with Crippen molar-refractivity contribution in [3.05, 3.63) is 61.8 Å². The number of alkyl halides is 3. The van der Waals surface area contributed by atoms with Crippen LogP contribution in [0.15, 0.2) is 39.4 Å². The molecule has 1 atom stereocenters. The summed E-state index contributed by atoms with van der Waals surface area (Å²) in [6.07, 6.45) is -3.98. The number of aryl methyl sites for hydroxylation is 1. The Hall–Kier alpha value is -0.920. The zero-order valence-corrected chi connectivity index (χ0v) is 13.9. The molecule has 0 bridgehead atoms. The van der Waals surface area contributed by atoms with Gasteiger partial charge >= 0.3 is 6.18 Å². The number of aliphatic hydroxyl groups excluding tert-OH is 1. The number of benzene rings is 1. The smallest absolute Gasteiger partial charge is 0.382 e. The van der Waals surface area contributed by atoms with Gasteiger partial charge in [-0.3, -0.25) is 4.98 Å². The Morgan fingerprint density at radius 3 is 2.38 bits per heavy atom. The Morgan fingerprint density at radius 1 is 1.19 bits per heavy atom. The summed E-state index contributed by atoms with van der Waals surface area (Å²) >= 11 is 6.53. The molecule has 0 amide bonds. The molecule has 0 aliphatic rings. The van der Waals surface area contributed by atoms with Crippen LogP contribution in [0.2, 0.25) is 0 Å². The molecule has 0 spiro atoms. The second-order valence-electron chi connectivity index (χ2n) is 4.49. The van der Waals surface area contributed by atoms with Gasteiger partial charge < -0.3 is 5.11 Å². The lowest BCUT2D eigenvalue weighted by molar-refractivity contribution is -0.137. The maximum Gasteiger partial charge on any atom is 0.416 e. The Bertz CT molecular complexity index is 674. The number of aromatic nitrogens is 1. The Balaban J connectivity index is 2.42. The molecule has 2 rings (SSSR count). The van der Waals surface area contributed by atoms with E-state index in [0.717, 1.165) is 16.6 Å². The minimum absolute atomic E-state index is 0.348. The molecule has 0 fully saturated rings. The highest BCUT2D eigenvalue weighted by atomic mass is 79.9. The number of nitrogens with zero attached hydrogens (tertiary/aromatic N) is 1. The van der Waals surface area contributed by atoms with Crippen LogP contribution in [-0.2, 0) is 6.18 Å². The summed E-state index contributed by atoms with van der Waals surface area (Å²) in [6, 6.07) is 4.97. The first kappa shape index (κ1) is 16.5. The van der Waals surface area contributed by atoms with Crippen molar-refractivity contribution in [2.45, 2.75) is 19.2 Å². The minimum Gasteiger partial charge on any atom is -0.382 e. The average Bonchev–Trinajstić information content (AvgIpc) is 2.36. The summed E-state index contributed by atoms with van der Waals surface area (Å²) in [7, 11) is 0. The van der Waals surface area contributed by atoms with E-state index in [1.54, 1.807) is 6.07 Å². The lowest BCUT2D eigenvalue weighted by atomic mass is 9.98. The maximum absolute atomic E-state index is 12.6. The van der Waals surface area contributed by atoms with Gasteiger partial charge in [-0.1, -0.05) is 6.07 Å². The van der Waals surface area contributed by atoms with Crippen LogP contribution in [0.3, 0.4) is 0 Å². The molecule has 1 unspecified atom stereocenters. The van der Waals surface area contributed by atoms with E-state index < -0.39 is 17.8 Å². The van der Waals surface area contributed by atoms with E-state index in [2.05, 4.69) is 36.8 Å². The summed E-state index contributed by atoms with van der Waals surface area (Å²) in [5.74, 6) is 0. The highest BCUT2D eigenvalue weighted by Gasteiger charge is 2.31. The Labute approximate surface area is 136 Å². The van der Waals surface area contributed by atoms with Crippen LogP contribution < -0.4 is 0 Å². The van der Waals surface area contributed by atoms with Crippen LogP contribution in [0.25, 0.3) is 0 Å². The van der Waals surface area contributed by atoms with Crippen molar-refractivity contribution in [2.75, 3.05) is 0 Å². The van der Waals surface area contributed by atoms with Crippen molar-refractivity contribution in [2.24, 2.45) is 0 Å². The molecular formula is C14H10Br2F3NO. The van der Waals surface area contributed by atoms with Gasteiger partial charge in [-0.2, -0.15) is 13.2 Å². The lowest BCUT2D eigenvalue weighted by Gasteiger charge is -2.16. The molecular weight excluding hydrogens is 415 g/mol. The molecule has 0 radical (unpaired) electrons. The van der Waals surface area contributed by atoms with E-state index >= 15 is 0 Å². The third-order valence-corrected chi connectivity index (χ3v) is 4.06. The molecule has 1 aromatic carbocycles. The molecule has 2 aromatic rings. The number of hydrogen-bond acceptors (Lipinski definition) is 2. The van der Waals surface area contributed by atoms with E-state index in [4.69, 9.17) is 0 Å². The number of hydrogen-bond donors (Lipinski definition) is 1. The third kappa shape index (κ3) is 3.64. The van der Waals surface area contributed by atoms with Crippen molar-refractivity contribution in [1.82, 2.24) is 4.98 Å². The summed E-state index contributed by atoms with van der Waals surface area (Å²) < 4.78 is 39.2. The van der Waals surface area contributed by atoms with Crippen molar-refractivity contribution in [1.29, 1.82) is 0 Å². The van der Waals surface area contributed by atoms with E-state index in [1.807, 2.05) is 0 Å². The first-order valence-electron chi connectivity index (χ1n) is 5.87. The van der Waals surface area contributed by atoms with Crippen LogP contribution in [0, 0.1) is 6.92 Å². The Morgan fingerprint density at radius 2 is 1.86 bits per heavy atom. The zero-order valence-electron chi connectivity index (χ0n) is 10.7. The van der Waals surface area contributed by atoms with Gasteiger partial charge in [-0.15, -0.1) is 0 Å². The SMILES string of the molecule is Cc1cc(C(F)(F)F)ccc1C(O)c1ncc(Br)cc1Br. The molecule has 0 aliphatic carbocycles. The normalized spacial score (nSPS) is 13.3. The monoisotopic (exact) mass is 423 g/mol. The van der Waals surface area contributed by atoms with Crippen LogP contribution in [0.5, 0.6) is 0 Å². The quantitative estimate of drug-likeness (QED) is 0.734. The summed E-state index contributed by atoms with van der Waals surface area (Å²) in [5.41, 5.74) is 0.354. The molecule has 0 aliphatic heterocycles. The predicted molar refractivity (Wildman–Crippen MR) is 79.9 cm³/mol. The largest absolute Gasteiger partial charge is 0.416 e. The van der Waals surface area contributed by atoms with Crippen molar-refractivity contribution in [3.63, 3.8) is 0 Å². The number of pyridine rings is 1. The standard InChI is InChI=1S/C14H10Br2F3NO/c1-7-4-8(14(17,18)19)2-3-10(7)13(21)12-11(16)5-9(15)6-20-12/h2-6,13,21H,1H3. The molecule has 1 N–H and O–H groups in total. The van der Waals surface area contributed by atoms with Crippen LogP contribution in [0.4, 0.5) is 13.2 Å². The number of halogens is 5. The number of rotatable bonds is 2. The summed E-state index contributed by atoms with van der Waals surface area (Å²) in [6.45, 7) is 1.53. The fraction of sp³-hybridized carbons (Fsp3) is 0.214. The first-order chi connectivity index (χ1) is 9.70. The van der Waals surface area contributed by atoms with Crippen molar-refractivity contribution >= 4 is 31.9 Å². The fourth-order valence-corrected chi connectivity index (χ4v) is 3.14.